The molecule has 5 nitrogen and oxygen atoms in total. The summed E-state index contributed by atoms with van der Waals surface area (Å²) in [6.45, 7) is 1.56. The average Bonchev–Trinajstić information content (AvgIpc) is 3.22. The molecular weight excluding hydrogens is 356 g/mol. The summed E-state index contributed by atoms with van der Waals surface area (Å²) in [4.78, 5) is 27.4. The summed E-state index contributed by atoms with van der Waals surface area (Å²) in [6, 6.07) is 4.06. The lowest BCUT2D eigenvalue weighted by Gasteiger charge is -2.09. The molecule has 0 spiro atoms. The monoisotopic (exact) mass is 369 g/mol. The second kappa shape index (κ2) is 6.93. The Balaban J connectivity index is 1.81. The van der Waals surface area contributed by atoms with Crippen LogP contribution >= 0.6 is 23.2 Å². The maximum absolute atomic E-state index is 14.1. The van der Waals surface area contributed by atoms with Gasteiger partial charge in [-0.2, -0.15) is 0 Å². The highest BCUT2D eigenvalue weighted by Crippen LogP contribution is 2.27. The molecule has 3 N–H and O–H groups in total. The number of amides is 1. The highest BCUT2D eigenvalue weighted by molar-refractivity contribution is 6.37. The van der Waals surface area contributed by atoms with E-state index in [1.807, 2.05) is 0 Å². The summed E-state index contributed by atoms with van der Waals surface area (Å²) in [6.07, 6.45) is 2.20. The Bertz CT molecular complexity index is 801. The van der Waals surface area contributed by atoms with Gasteiger partial charge in [-0.05, 0) is 31.2 Å². The van der Waals surface area contributed by atoms with Crippen molar-refractivity contribution >= 4 is 34.9 Å². The van der Waals surface area contributed by atoms with E-state index in [0.29, 0.717) is 6.54 Å². The first-order chi connectivity index (χ1) is 11.5. The normalized spacial score (nSPS) is 17.0. The lowest BCUT2D eigenvalue weighted by atomic mass is 10.0. The number of rotatable bonds is 4. The predicted molar refractivity (Wildman–Crippen MR) is 89.4 cm³/mol. The highest BCUT2D eigenvalue weighted by atomic mass is 35.5. The Hall–Kier alpha value is -1.89. The van der Waals surface area contributed by atoms with Crippen molar-refractivity contribution in [3.63, 3.8) is 0 Å². The molecule has 24 heavy (non-hydrogen) atoms. The highest BCUT2D eigenvalue weighted by Gasteiger charge is 2.23. The van der Waals surface area contributed by atoms with E-state index < -0.39 is 11.6 Å². The van der Waals surface area contributed by atoms with Gasteiger partial charge in [0.15, 0.2) is 11.6 Å². The van der Waals surface area contributed by atoms with Crippen molar-refractivity contribution in [3.8, 4) is 0 Å². The summed E-state index contributed by atoms with van der Waals surface area (Å²) in [5.74, 6) is -1.84. The topological polar surface area (TPSA) is 74.0 Å². The zero-order chi connectivity index (χ0) is 17.3. The molecule has 1 unspecified atom stereocenters. The molecule has 126 valence electrons. The van der Waals surface area contributed by atoms with Crippen LogP contribution in [0.25, 0.3) is 0 Å². The van der Waals surface area contributed by atoms with Crippen LogP contribution in [0, 0.1) is 5.82 Å². The third-order valence-electron chi connectivity index (χ3n) is 3.86. The zero-order valence-electron chi connectivity index (χ0n) is 12.5. The lowest BCUT2D eigenvalue weighted by molar-refractivity contribution is 0.0935. The van der Waals surface area contributed by atoms with Gasteiger partial charge in [-0.1, -0.05) is 23.2 Å². The van der Waals surface area contributed by atoms with Gasteiger partial charge >= 0.3 is 0 Å². The van der Waals surface area contributed by atoms with Gasteiger partial charge in [0.1, 0.15) is 5.69 Å². The van der Waals surface area contributed by atoms with Crippen LogP contribution in [0.3, 0.4) is 0 Å². The molecular formula is C16H14Cl2FN3O2. The Kier molecular flexibility index (Phi) is 4.89. The van der Waals surface area contributed by atoms with Gasteiger partial charge in [0.05, 0.1) is 15.6 Å². The van der Waals surface area contributed by atoms with Gasteiger partial charge < -0.3 is 15.6 Å². The van der Waals surface area contributed by atoms with Crippen molar-refractivity contribution in [1.29, 1.82) is 0 Å². The molecule has 8 heteroatoms. The number of aromatic nitrogens is 1. The van der Waals surface area contributed by atoms with Crippen LogP contribution in [0.5, 0.6) is 0 Å². The van der Waals surface area contributed by atoms with E-state index >= 15 is 0 Å². The van der Waals surface area contributed by atoms with Crippen LogP contribution in [0.1, 0.15) is 32.8 Å². The molecule has 0 aliphatic carbocycles. The largest absolute Gasteiger partial charge is 0.356 e. The van der Waals surface area contributed by atoms with Gasteiger partial charge in [-0.15, -0.1) is 0 Å². The zero-order valence-corrected chi connectivity index (χ0v) is 14.0. The first-order valence-electron chi connectivity index (χ1n) is 7.35. The van der Waals surface area contributed by atoms with E-state index in [2.05, 4.69) is 15.6 Å². The third kappa shape index (κ3) is 3.31. The molecule has 0 radical (unpaired) electrons. The molecule has 1 saturated heterocycles. The molecule has 1 aliphatic heterocycles. The molecule has 1 atom stereocenters. The smallest absolute Gasteiger partial charge is 0.267 e. The number of benzene rings is 1. The number of halogens is 3. The van der Waals surface area contributed by atoms with E-state index in [1.165, 1.54) is 24.4 Å². The minimum Gasteiger partial charge on any atom is -0.356 e. The number of carbonyl (C=O) groups excluding carboxylic acids is 2. The Labute approximate surface area is 147 Å². The summed E-state index contributed by atoms with van der Waals surface area (Å²) >= 11 is 11.6. The van der Waals surface area contributed by atoms with Gasteiger partial charge in [-0.25, -0.2) is 4.39 Å². The van der Waals surface area contributed by atoms with Crippen LogP contribution in [0.4, 0.5) is 4.39 Å². The van der Waals surface area contributed by atoms with E-state index in [9.17, 15) is 14.0 Å². The molecule has 0 bridgehead atoms. The number of nitrogens with one attached hydrogen (secondary N) is 3. The minimum atomic E-state index is -0.876. The third-order valence-corrected chi connectivity index (χ3v) is 4.46. The van der Waals surface area contributed by atoms with Crippen molar-refractivity contribution in [2.24, 2.45) is 0 Å². The summed E-state index contributed by atoms with van der Waals surface area (Å²) in [7, 11) is 0. The molecule has 1 aromatic heterocycles. The second-order valence-corrected chi connectivity index (χ2v) is 6.33. The van der Waals surface area contributed by atoms with Crippen molar-refractivity contribution in [2.75, 3.05) is 13.1 Å². The second-order valence-electron chi connectivity index (χ2n) is 5.51. The molecule has 0 saturated carbocycles. The summed E-state index contributed by atoms with van der Waals surface area (Å²) < 4.78 is 14.1. The fourth-order valence-corrected chi connectivity index (χ4v) is 2.97. The molecule has 2 heterocycles. The van der Waals surface area contributed by atoms with Crippen LogP contribution in [0.15, 0.2) is 24.4 Å². The van der Waals surface area contributed by atoms with Crippen molar-refractivity contribution in [2.45, 2.75) is 12.5 Å². The summed E-state index contributed by atoms with van der Waals surface area (Å²) in [5, 5.41) is 5.77. The number of hydrogen-bond acceptors (Lipinski definition) is 3. The first kappa shape index (κ1) is 17.0. The van der Waals surface area contributed by atoms with Crippen LogP contribution < -0.4 is 10.6 Å². The number of H-pyrrole nitrogens is 1. The Morgan fingerprint density at radius 1 is 1.25 bits per heavy atom. The maximum atomic E-state index is 14.1. The van der Waals surface area contributed by atoms with Crippen LogP contribution in [0.2, 0.25) is 10.0 Å². The van der Waals surface area contributed by atoms with E-state index in [1.54, 1.807) is 0 Å². The minimum absolute atomic E-state index is 0.0360. The maximum Gasteiger partial charge on any atom is 0.267 e. The van der Waals surface area contributed by atoms with Crippen molar-refractivity contribution in [3.05, 3.63) is 57.1 Å². The summed E-state index contributed by atoms with van der Waals surface area (Å²) in [5.41, 5.74) is 0.0479. The van der Waals surface area contributed by atoms with Gasteiger partial charge in [-0.3, -0.25) is 9.59 Å². The van der Waals surface area contributed by atoms with E-state index in [0.717, 1.165) is 13.0 Å². The quantitative estimate of drug-likeness (QED) is 0.573. The van der Waals surface area contributed by atoms with Gasteiger partial charge in [0.25, 0.3) is 5.91 Å². The van der Waals surface area contributed by atoms with Crippen molar-refractivity contribution in [1.82, 2.24) is 15.6 Å². The molecule has 1 fully saturated rings. The molecule has 1 aromatic carbocycles. The first-order valence-corrected chi connectivity index (χ1v) is 8.11. The number of ketones is 1. The van der Waals surface area contributed by atoms with Crippen molar-refractivity contribution < 1.29 is 14.0 Å². The molecule has 1 aliphatic rings. The Morgan fingerprint density at radius 2 is 2.00 bits per heavy atom. The Morgan fingerprint density at radius 3 is 2.71 bits per heavy atom. The lowest BCUT2D eigenvalue weighted by Crippen LogP contribution is -2.36. The van der Waals surface area contributed by atoms with E-state index in [-0.39, 0.29) is 38.8 Å². The van der Waals surface area contributed by atoms with E-state index in [4.69, 9.17) is 23.2 Å². The molecule has 3 rings (SSSR count). The SMILES string of the molecule is O=C(NC1CCNC1)c1cc(C(=O)c2c(Cl)ccc(Cl)c2F)c[nH]1. The predicted octanol–water partition coefficient (Wildman–Crippen LogP) is 2.78. The van der Waals surface area contributed by atoms with Gasteiger partial charge in [0, 0.05) is 24.3 Å². The fraction of sp³-hybridized carbons (Fsp3) is 0.250. The van der Waals surface area contributed by atoms with Crippen LogP contribution in [-0.4, -0.2) is 35.8 Å². The van der Waals surface area contributed by atoms with Crippen LogP contribution in [-0.2, 0) is 0 Å². The fourth-order valence-electron chi connectivity index (χ4n) is 2.58. The molecule has 1 amide bonds. The number of hydrogen-bond donors (Lipinski definition) is 3. The number of carbonyl (C=O) groups is 2. The average molecular weight is 370 g/mol. The number of aromatic amines is 1. The standard InChI is InChI=1S/C16H14Cl2FN3O2/c17-10-1-2-11(18)14(19)13(10)15(23)8-5-12(21-6-8)16(24)22-9-3-4-20-7-9/h1-2,5-6,9,20-21H,3-4,7H2,(H,22,24). The molecule has 2 aromatic rings. The van der Waals surface area contributed by atoms with Gasteiger partial charge in [0.2, 0.25) is 0 Å².